The van der Waals surface area contributed by atoms with Crippen LogP contribution < -0.4 is 5.32 Å². The molecule has 0 unspecified atom stereocenters. The van der Waals surface area contributed by atoms with E-state index in [1.54, 1.807) is 0 Å². The van der Waals surface area contributed by atoms with E-state index in [0.29, 0.717) is 0 Å². The zero-order valence-electron chi connectivity index (χ0n) is 13.0. The lowest BCUT2D eigenvalue weighted by Gasteiger charge is -2.11. The Morgan fingerprint density at radius 1 is 1.05 bits per heavy atom. The monoisotopic (exact) mass is 280 g/mol. The summed E-state index contributed by atoms with van der Waals surface area (Å²) in [5.74, 6) is 0. The van der Waals surface area contributed by atoms with Crippen LogP contribution >= 0.6 is 0 Å². The van der Waals surface area contributed by atoms with Crippen LogP contribution in [0.2, 0.25) is 0 Å². The molecule has 2 heteroatoms. The van der Waals surface area contributed by atoms with Crippen LogP contribution in [-0.2, 0) is 19.4 Å². The van der Waals surface area contributed by atoms with Crippen molar-refractivity contribution in [2.75, 3.05) is 0 Å². The zero-order chi connectivity index (χ0) is 14.7. The van der Waals surface area contributed by atoms with Crippen LogP contribution in [0.5, 0.6) is 0 Å². The second-order valence-corrected chi connectivity index (χ2v) is 5.94. The molecule has 110 valence electrons. The first-order valence-electron chi connectivity index (χ1n) is 8.09. The summed E-state index contributed by atoms with van der Waals surface area (Å²) in [5, 5.41) is 3.56. The Balaban J connectivity index is 1.89. The molecule has 0 atom stereocenters. The van der Waals surface area contributed by atoms with Crippen molar-refractivity contribution in [2.45, 2.75) is 52.1 Å². The molecule has 21 heavy (non-hydrogen) atoms. The third-order valence-corrected chi connectivity index (χ3v) is 4.24. The Labute approximate surface area is 127 Å². The Morgan fingerprint density at radius 2 is 1.90 bits per heavy atom. The highest BCUT2D eigenvalue weighted by molar-refractivity contribution is 5.68. The molecule has 1 heterocycles. The SMILES string of the molecule is CCc1ccc(CC)c(-c2cncc(CNC3CC3)c2)c1. The number of nitrogens with zero attached hydrogens (tertiary/aromatic N) is 1. The Hall–Kier alpha value is -1.67. The first-order valence-corrected chi connectivity index (χ1v) is 8.09. The van der Waals surface area contributed by atoms with Crippen LogP contribution in [0.1, 0.15) is 43.4 Å². The number of aryl methyl sites for hydroxylation is 2. The summed E-state index contributed by atoms with van der Waals surface area (Å²) in [5.41, 5.74) is 6.67. The van der Waals surface area contributed by atoms with Gasteiger partial charge in [0.25, 0.3) is 0 Å². The second-order valence-electron chi connectivity index (χ2n) is 5.94. The van der Waals surface area contributed by atoms with E-state index in [0.717, 1.165) is 25.4 Å². The molecule has 1 fully saturated rings. The molecule has 0 saturated heterocycles. The maximum Gasteiger partial charge on any atom is 0.0346 e. The summed E-state index contributed by atoms with van der Waals surface area (Å²) in [4.78, 5) is 4.45. The number of benzene rings is 1. The highest BCUT2D eigenvalue weighted by Crippen LogP contribution is 2.26. The van der Waals surface area contributed by atoms with Gasteiger partial charge in [0, 0.05) is 30.5 Å². The van der Waals surface area contributed by atoms with E-state index in [2.05, 4.69) is 48.4 Å². The minimum absolute atomic E-state index is 0.739. The number of hydrogen-bond donors (Lipinski definition) is 1. The van der Waals surface area contributed by atoms with Gasteiger partial charge in [-0.1, -0.05) is 32.0 Å². The van der Waals surface area contributed by atoms with Crippen LogP contribution in [0.4, 0.5) is 0 Å². The molecule has 0 amide bonds. The summed E-state index contributed by atoms with van der Waals surface area (Å²) < 4.78 is 0. The van der Waals surface area contributed by atoms with Crippen molar-refractivity contribution < 1.29 is 0 Å². The molecule has 1 N–H and O–H groups in total. The molecule has 2 aromatic rings. The molecule has 0 aliphatic heterocycles. The average molecular weight is 280 g/mol. The van der Waals surface area contributed by atoms with Gasteiger partial charge in [0.15, 0.2) is 0 Å². The summed E-state index contributed by atoms with van der Waals surface area (Å²) in [6.45, 7) is 5.36. The van der Waals surface area contributed by atoms with Crippen molar-refractivity contribution in [3.63, 3.8) is 0 Å². The number of aromatic nitrogens is 1. The van der Waals surface area contributed by atoms with Gasteiger partial charge in [-0.2, -0.15) is 0 Å². The van der Waals surface area contributed by atoms with Crippen LogP contribution in [0.3, 0.4) is 0 Å². The van der Waals surface area contributed by atoms with E-state index in [1.165, 1.54) is 40.7 Å². The lowest BCUT2D eigenvalue weighted by molar-refractivity contribution is 0.686. The molecular weight excluding hydrogens is 256 g/mol. The van der Waals surface area contributed by atoms with Gasteiger partial charge in [-0.25, -0.2) is 0 Å². The Kier molecular flexibility index (Phi) is 4.35. The minimum Gasteiger partial charge on any atom is -0.310 e. The molecular formula is C19H24N2. The van der Waals surface area contributed by atoms with Crippen LogP contribution in [-0.4, -0.2) is 11.0 Å². The molecule has 0 spiro atoms. The molecule has 1 saturated carbocycles. The minimum atomic E-state index is 0.739. The molecule has 1 aromatic heterocycles. The highest BCUT2D eigenvalue weighted by atomic mass is 14.9. The van der Waals surface area contributed by atoms with Gasteiger partial charge in [-0.3, -0.25) is 4.98 Å². The topological polar surface area (TPSA) is 24.9 Å². The fraction of sp³-hybridized carbons (Fsp3) is 0.421. The molecule has 3 rings (SSSR count). The normalized spacial score (nSPS) is 14.4. The van der Waals surface area contributed by atoms with Gasteiger partial charge < -0.3 is 5.32 Å². The van der Waals surface area contributed by atoms with Crippen LogP contribution in [0.15, 0.2) is 36.7 Å². The van der Waals surface area contributed by atoms with Crippen molar-refractivity contribution in [3.05, 3.63) is 53.3 Å². The van der Waals surface area contributed by atoms with Gasteiger partial charge in [-0.05, 0) is 54.0 Å². The molecule has 1 aliphatic carbocycles. The molecule has 1 aliphatic rings. The summed E-state index contributed by atoms with van der Waals surface area (Å²) >= 11 is 0. The molecule has 1 aromatic carbocycles. The van der Waals surface area contributed by atoms with Crippen molar-refractivity contribution in [1.82, 2.24) is 10.3 Å². The van der Waals surface area contributed by atoms with Gasteiger partial charge in [0.05, 0.1) is 0 Å². The van der Waals surface area contributed by atoms with Crippen molar-refractivity contribution in [3.8, 4) is 11.1 Å². The van der Waals surface area contributed by atoms with E-state index in [-0.39, 0.29) is 0 Å². The maximum absolute atomic E-state index is 4.45. The Bertz CT molecular complexity index is 615. The van der Waals surface area contributed by atoms with E-state index < -0.39 is 0 Å². The van der Waals surface area contributed by atoms with Crippen molar-refractivity contribution in [2.24, 2.45) is 0 Å². The zero-order valence-corrected chi connectivity index (χ0v) is 13.0. The largest absolute Gasteiger partial charge is 0.310 e. The standard InChI is InChI=1S/C19H24N2/c1-3-14-5-6-16(4-2)19(10-14)17-9-15(11-20-13-17)12-21-18-7-8-18/h5-6,9-11,13,18,21H,3-4,7-8,12H2,1-2H3. The third kappa shape index (κ3) is 3.51. The number of rotatable bonds is 6. The van der Waals surface area contributed by atoms with Gasteiger partial charge >= 0.3 is 0 Å². The van der Waals surface area contributed by atoms with E-state index in [1.807, 2.05) is 12.4 Å². The smallest absolute Gasteiger partial charge is 0.0346 e. The first-order chi connectivity index (χ1) is 10.3. The maximum atomic E-state index is 4.45. The fourth-order valence-corrected chi connectivity index (χ4v) is 2.70. The highest BCUT2D eigenvalue weighted by Gasteiger charge is 2.20. The predicted octanol–water partition coefficient (Wildman–Crippen LogP) is 4.13. The number of hydrogen-bond acceptors (Lipinski definition) is 2. The van der Waals surface area contributed by atoms with Crippen LogP contribution in [0, 0.1) is 0 Å². The molecule has 2 nitrogen and oxygen atoms in total. The van der Waals surface area contributed by atoms with E-state index in [4.69, 9.17) is 0 Å². The van der Waals surface area contributed by atoms with Gasteiger partial charge in [0.1, 0.15) is 0 Å². The number of nitrogens with one attached hydrogen (secondary N) is 1. The predicted molar refractivity (Wildman–Crippen MR) is 88.3 cm³/mol. The van der Waals surface area contributed by atoms with Crippen molar-refractivity contribution >= 4 is 0 Å². The second kappa shape index (κ2) is 6.40. The van der Waals surface area contributed by atoms with Gasteiger partial charge in [-0.15, -0.1) is 0 Å². The first kappa shape index (κ1) is 14.3. The third-order valence-electron chi connectivity index (χ3n) is 4.24. The fourth-order valence-electron chi connectivity index (χ4n) is 2.70. The number of pyridine rings is 1. The quantitative estimate of drug-likeness (QED) is 0.860. The Morgan fingerprint density at radius 3 is 2.62 bits per heavy atom. The van der Waals surface area contributed by atoms with Crippen LogP contribution in [0.25, 0.3) is 11.1 Å². The summed E-state index contributed by atoms with van der Waals surface area (Å²) in [7, 11) is 0. The molecule has 0 radical (unpaired) electrons. The van der Waals surface area contributed by atoms with Gasteiger partial charge in [0.2, 0.25) is 0 Å². The van der Waals surface area contributed by atoms with E-state index >= 15 is 0 Å². The summed E-state index contributed by atoms with van der Waals surface area (Å²) in [6.07, 6.45) is 8.76. The van der Waals surface area contributed by atoms with E-state index in [9.17, 15) is 0 Å². The van der Waals surface area contributed by atoms with Crippen molar-refractivity contribution in [1.29, 1.82) is 0 Å². The lowest BCUT2D eigenvalue weighted by atomic mass is 9.95. The lowest BCUT2D eigenvalue weighted by Crippen LogP contribution is -2.15. The molecule has 0 bridgehead atoms. The average Bonchev–Trinajstić information content (AvgIpc) is 3.37. The summed E-state index contributed by atoms with van der Waals surface area (Å²) in [6, 6.07) is 9.87.